The van der Waals surface area contributed by atoms with E-state index in [4.69, 9.17) is 14.2 Å². The average molecular weight is 1000 g/mol. The van der Waals surface area contributed by atoms with Crippen LogP contribution in [0, 0.1) is 0 Å². The van der Waals surface area contributed by atoms with Crippen LogP contribution in [0.25, 0.3) is 0 Å². The zero-order chi connectivity index (χ0) is 52.2. The van der Waals surface area contributed by atoms with Gasteiger partial charge in [0, 0.05) is 19.3 Å². The molecule has 0 aliphatic rings. The van der Waals surface area contributed by atoms with E-state index in [1.54, 1.807) is 0 Å². The molecule has 1 atom stereocenters. The summed E-state index contributed by atoms with van der Waals surface area (Å²) in [5.41, 5.74) is 0. The molecule has 0 amide bonds. The van der Waals surface area contributed by atoms with Crippen molar-refractivity contribution in [1.82, 2.24) is 0 Å². The first-order valence-electron chi connectivity index (χ1n) is 30.6. The molecule has 414 valence electrons. The van der Waals surface area contributed by atoms with Crippen LogP contribution in [0.1, 0.15) is 297 Å². The summed E-state index contributed by atoms with van der Waals surface area (Å²) in [4.78, 5) is 38.3. The first-order valence-corrected chi connectivity index (χ1v) is 30.6. The van der Waals surface area contributed by atoms with E-state index in [2.05, 4.69) is 106 Å². The van der Waals surface area contributed by atoms with Gasteiger partial charge in [-0.25, -0.2) is 0 Å². The van der Waals surface area contributed by atoms with Crippen molar-refractivity contribution in [2.75, 3.05) is 13.2 Å². The molecule has 0 bridgehead atoms. The Morgan fingerprint density at radius 2 is 0.542 bits per heavy atom. The number of allylic oxidation sites excluding steroid dienone is 14. The van der Waals surface area contributed by atoms with Crippen molar-refractivity contribution in [1.29, 1.82) is 0 Å². The molecule has 1 unspecified atom stereocenters. The lowest BCUT2D eigenvalue weighted by atomic mass is 10.0. The SMILES string of the molecule is CC/C=C\C/C=C\C/C=C\C/C=C\CCCCCCCCCCCCC(=O)OCC(COC(=O)CCCCCCCCCCCCCCCC)OC(=O)CCCCCCCCC/C=C\C/C=C\C/C=C\CC. The molecule has 0 fully saturated rings. The molecular weight excluding hydrogens is 889 g/mol. The second kappa shape index (κ2) is 60.1. The second-order valence-corrected chi connectivity index (χ2v) is 20.2. The van der Waals surface area contributed by atoms with Gasteiger partial charge in [-0.3, -0.25) is 14.4 Å². The standard InChI is InChI=1S/C66H114O6/c1-4-7-10-13-16-19-22-25-28-30-31-32-33-34-35-37-38-41-44-47-50-53-56-59-65(68)71-62-63(61-70-64(67)58-55-52-49-46-43-40-27-24-21-18-15-12-9-6-3)72-66(69)60-57-54-51-48-45-42-39-36-29-26-23-20-17-14-11-8-5-2/h7-8,10-11,16-17,19-20,25-26,28-29,31-32,63H,4-6,9,12-15,18,21-24,27,30,33-62H2,1-3H3/b10-7-,11-8-,19-16-,20-17-,28-25-,29-26-,32-31-. The van der Waals surface area contributed by atoms with Gasteiger partial charge < -0.3 is 14.2 Å². The van der Waals surface area contributed by atoms with E-state index < -0.39 is 6.10 Å². The first-order chi connectivity index (χ1) is 35.5. The molecule has 6 nitrogen and oxygen atoms in total. The quantitative estimate of drug-likeness (QED) is 0.0261. The fourth-order valence-corrected chi connectivity index (χ4v) is 8.63. The third-order valence-corrected chi connectivity index (χ3v) is 13.1. The number of ether oxygens (including phenoxy) is 3. The molecule has 0 heterocycles. The third-order valence-electron chi connectivity index (χ3n) is 13.1. The summed E-state index contributed by atoms with van der Waals surface area (Å²) in [6.45, 7) is 6.43. The van der Waals surface area contributed by atoms with Crippen molar-refractivity contribution in [3.63, 3.8) is 0 Å². The van der Waals surface area contributed by atoms with Crippen molar-refractivity contribution in [2.24, 2.45) is 0 Å². The van der Waals surface area contributed by atoms with E-state index in [9.17, 15) is 14.4 Å². The topological polar surface area (TPSA) is 78.9 Å². The molecule has 0 aromatic heterocycles. The van der Waals surface area contributed by atoms with E-state index >= 15 is 0 Å². The Kier molecular flexibility index (Phi) is 57.3. The summed E-state index contributed by atoms with van der Waals surface area (Å²) in [7, 11) is 0. The predicted octanol–water partition coefficient (Wildman–Crippen LogP) is 20.7. The summed E-state index contributed by atoms with van der Waals surface area (Å²) in [5, 5.41) is 0. The third kappa shape index (κ3) is 57.5. The fourth-order valence-electron chi connectivity index (χ4n) is 8.63. The molecule has 0 radical (unpaired) electrons. The lowest BCUT2D eigenvalue weighted by molar-refractivity contribution is -0.167. The summed E-state index contributed by atoms with van der Waals surface area (Å²) in [6.07, 6.45) is 78.6. The Hall–Kier alpha value is -3.41. The lowest BCUT2D eigenvalue weighted by Gasteiger charge is -2.18. The van der Waals surface area contributed by atoms with Crippen LogP contribution in [-0.4, -0.2) is 37.2 Å². The van der Waals surface area contributed by atoms with Crippen LogP contribution in [0.15, 0.2) is 85.1 Å². The van der Waals surface area contributed by atoms with Gasteiger partial charge in [-0.15, -0.1) is 0 Å². The molecular formula is C66H114O6. The van der Waals surface area contributed by atoms with E-state index in [0.717, 1.165) is 109 Å². The van der Waals surface area contributed by atoms with Gasteiger partial charge >= 0.3 is 17.9 Å². The smallest absolute Gasteiger partial charge is 0.306 e. The molecule has 0 aromatic carbocycles. The minimum atomic E-state index is -0.783. The highest BCUT2D eigenvalue weighted by Crippen LogP contribution is 2.16. The summed E-state index contributed by atoms with van der Waals surface area (Å²) in [6, 6.07) is 0. The van der Waals surface area contributed by atoms with Gasteiger partial charge in [0.2, 0.25) is 0 Å². The number of unbranched alkanes of at least 4 members (excludes halogenated alkanes) is 30. The maximum Gasteiger partial charge on any atom is 0.306 e. The van der Waals surface area contributed by atoms with Crippen molar-refractivity contribution in [3.05, 3.63) is 85.1 Å². The number of hydrogen-bond acceptors (Lipinski definition) is 6. The van der Waals surface area contributed by atoms with Crippen LogP contribution < -0.4 is 0 Å². The van der Waals surface area contributed by atoms with Crippen molar-refractivity contribution >= 4 is 17.9 Å². The van der Waals surface area contributed by atoms with E-state index in [1.165, 1.54) is 148 Å². The van der Waals surface area contributed by atoms with Crippen molar-refractivity contribution in [2.45, 2.75) is 303 Å². The Balaban J connectivity index is 4.35. The Morgan fingerprint density at radius 3 is 0.847 bits per heavy atom. The molecule has 0 spiro atoms. The maximum atomic E-state index is 12.9. The molecule has 0 rings (SSSR count). The van der Waals surface area contributed by atoms with Crippen LogP contribution in [0.2, 0.25) is 0 Å². The number of carbonyl (C=O) groups is 3. The number of rotatable bonds is 55. The highest BCUT2D eigenvalue weighted by molar-refractivity contribution is 5.71. The largest absolute Gasteiger partial charge is 0.462 e. The van der Waals surface area contributed by atoms with Gasteiger partial charge in [0.25, 0.3) is 0 Å². The molecule has 0 aromatic rings. The van der Waals surface area contributed by atoms with Gasteiger partial charge in [-0.05, 0) is 89.9 Å². The van der Waals surface area contributed by atoms with Crippen LogP contribution in [-0.2, 0) is 28.6 Å². The van der Waals surface area contributed by atoms with Crippen molar-refractivity contribution < 1.29 is 28.6 Å². The zero-order valence-electron chi connectivity index (χ0n) is 47.4. The van der Waals surface area contributed by atoms with Crippen LogP contribution in [0.5, 0.6) is 0 Å². The summed E-state index contributed by atoms with van der Waals surface area (Å²) >= 11 is 0. The number of carbonyl (C=O) groups excluding carboxylic acids is 3. The lowest BCUT2D eigenvalue weighted by Crippen LogP contribution is -2.30. The van der Waals surface area contributed by atoms with Crippen LogP contribution in [0.3, 0.4) is 0 Å². The van der Waals surface area contributed by atoms with E-state index in [0.29, 0.717) is 19.3 Å². The number of hydrogen-bond donors (Lipinski definition) is 0. The molecule has 6 heteroatoms. The average Bonchev–Trinajstić information content (AvgIpc) is 3.38. The van der Waals surface area contributed by atoms with Gasteiger partial charge in [0.15, 0.2) is 6.10 Å². The molecule has 0 aliphatic heterocycles. The first kappa shape index (κ1) is 68.6. The minimum Gasteiger partial charge on any atom is -0.462 e. The van der Waals surface area contributed by atoms with Gasteiger partial charge in [0.1, 0.15) is 13.2 Å². The Labute approximate surface area is 445 Å². The summed E-state index contributed by atoms with van der Waals surface area (Å²) < 4.78 is 16.9. The Morgan fingerprint density at radius 1 is 0.292 bits per heavy atom. The maximum absolute atomic E-state index is 12.9. The molecule has 0 N–H and O–H groups in total. The monoisotopic (exact) mass is 1000 g/mol. The van der Waals surface area contributed by atoms with E-state index in [-0.39, 0.29) is 31.1 Å². The molecule has 0 saturated carbocycles. The zero-order valence-corrected chi connectivity index (χ0v) is 47.4. The van der Waals surface area contributed by atoms with Gasteiger partial charge in [-0.1, -0.05) is 273 Å². The summed E-state index contributed by atoms with van der Waals surface area (Å²) in [5.74, 6) is -0.882. The van der Waals surface area contributed by atoms with E-state index in [1.807, 2.05) is 0 Å². The predicted molar refractivity (Wildman–Crippen MR) is 311 cm³/mol. The molecule has 72 heavy (non-hydrogen) atoms. The van der Waals surface area contributed by atoms with Crippen LogP contribution >= 0.6 is 0 Å². The second-order valence-electron chi connectivity index (χ2n) is 20.2. The molecule has 0 aliphatic carbocycles. The highest BCUT2D eigenvalue weighted by Gasteiger charge is 2.19. The van der Waals surface area contributed by atoms with Crippen LogP contribution in [0.4, 0.5) is 0 Å². The Bertz CT molecular complexity index is 1380. The minimum absolute atomic E-state index is 0.0791. The number of esters is 3. The van der Waals surface area contributed by atoms with Crippen molar-refractivity contribution in [3.8, 4) is 0 Å². The normalized spacial score (nSPS) is 12.7. The molecule has 0 saturated heterocycles. The van der Waals surface area contributed by atoms with Gasteiger partial charge in [-0.2, -0.15) is 0 Å². The fraction of sp³-hybridized carbons (Fsp3) is 0.742. The van der Waals surface area contributed by atoms with Gasteiger partial charge in [0.05, 0.1) is 0 Å². The highest BCUT2D eigenvalue weighted by atomic mass is 16.6.